The molecule has 0 saturated heterocycles. The maximum Gasteiger partial charge on any atom is 0.500 e. The van der Waals surface area contributed by atoms with Crippen molar-refractivity contribution in [1.82, 2.24) is 41.2 Å². The highest BCUT2D eigenvalue weighted by Crippen LogP contribution is 2.48. The van der Waals surface area contributed by atoms with Crippen molar-refractivity contribution in [1.29, 1.82) is 0 Å². The minimum Gasteiger partial charge on any atom is -0.484 e. The van der Waals surface area contributed by atoms with E-state index < -0.39 is 318 Å². The first-order valence-corrected chi connectivity index (χ1v) is 54.3. The average Bonchev–Trinajstić information content (AvgIpc) is 1.57. The molecular weight excluding hydrogens is 2020 g/mol. The molecule has 3 aromatic heterocycles. The van der Waals surface area contributed by atoms with Crippen molar-refractivity contribution in [2.24, 2.45) is 0 Å². The highest BCUT2D eigenvalue weighted by molar-refractivity contribution is 6.62. The van der Waals surface area contributed by atoms with Crippen LogP contribution in [0.2, 0.25) is 24.2 Å². The zero-order chi connectivity index (χ0) is 105. The van der Waals surface area contributed by atoms with Crippen molar-refractivity contribution in [3.8, 4) is 67.5 Å². The molecular formula is C92H114F16N8O24Si4. The zero-order valence-corrected chi connectivity index (χ0v) is 85.0. The SMILES string of the molecule is CCO[Si](CCCNC(=O)OCCOc1c(F)c(F)c(-c2c3nc(c(-c4c(F)c(F)c(OCCOC(=O)NCCC[Si](OCC)(OCC)OCC)c(F)c4F)c4ccc([nH]4)c(-c4c(F)c(F)c(OCCOC(=O)NCCC[Si](OCC)(OCC)OCC)c(F)c4F)c4nc(c(-c5c(F)c(F)c(OCCOC(=O)NCCC[Si](OCC)(OCC)OCC)c(F)c5F)c5ccc2[nH]5)C=C4)C=C3)c(F)c1F)(OCC)OCC. The highest BCUT2D eigenvalue weighted by Gasteiger charge is 2.45. The summed E-state index contributed by atoms with van der Waals surface area (Å²) in [5.74, 6) is -45.2. The van der Waals surface area contributed by atoms with E-state index in [4.69, 9.17) is 91.0 Å². The molecule has 9 rings (SSSR count). The Labute approximate surface area is 822 Å². The van der Waals surface area contributed by atoms with Gasteiger partial charge >= 0.3 is 59.6 Å². The van der Waals surface area contributed by atoms with Gasteiger partial charge in [0.05, 0.1) is 45.0 Å². The topological polar surface area (TPSA) is 358 Å². The van der Waals surface area contributed by atoms with Crippen LogP contribution in [0.1, 0.15) is 132 Å². The Morgan fingerprint density at radius 2 is 0.403 bits per heavy atom. The molecule has 0 spiro atoms. The first-order valence-electron chi connectivity index (χ1n) is 46.5. The maximum absolute atomic E-state index is 17.7. The number of nitrogens with zero attached hydrogens (tertiary/aromatic N) is 2. The van der Waals surface area contributed by atoms with Gasteiger partial charge in [0.2, 0.25) is 46.5 Å². The van der Waals surface area contributed by atoms with Crippen molar-refractivity contribution in [2.45, 2.75) is 133 Å². The lowest BCUT2D eigenvalue weighted by atomic mass is 10.0. The third-order valence-corrected chi connectivity index (χ3v) is 33.6. The van der Waals surface area contributed by atoms with Gasteiger partial charge in [0.1, 0.15) is 52.9 Å². The summed E-state index contributed by atoms with van der Waals surface area (Å²) in [5, 5.41) is 9.73. The fraction of sp³-hybridized carbons (Fsp3) is 0.478. The highest BCUT2D eigenvalue weighted by atomic mass is 28.4. The Bertz CT molecular complexity index is 4970. The van der Waals surface area contributed by atoms with Crippen LogP contribution in [0.25, 0.3) is 90.9 Å². The van der Waals surface area contributed by atoms with E-state index in [-0.39, 0.29) is 155 Å². The number of nitrogens with one attached hydrogen (secondary N) is 6. The zero-order valence-electron chi connectivity index (χ0n) is 81.0. The van der Waals surface area contributed by atoms with Crippen molar-refractivity contribution in [2.75, 3.05) is 158 Å². The van der Waals surface area contributed by atoms with Crippen molar-refractivity contribution < 1.29 is 180 Å². The summed E-state index contributed by atoms with van der Waals surface area (Å²) in [6, 6.07) is 3.86. The van der Waals surface area contributed by atoms with Crippen LogP contribution in [0.4, 0.5) is 89.4 Å². The summed E-state index contributed by atoms with van der Waals surface area (Å²) in [6.07, 6.45) is -0.717. The number of rotatable bonds is 60. The minimum atomic E-state index is -3.18. The summed E-state index contributed by atoms with van der Waals surface area (Å²) in [6.45, 7) is 16.0. The number of amides is 4. The molecule has 2 aliphatic rings. The molecule has 7 aromatic rings. The van der Waals surface area contributed by atoms with Gasteiger partial charge in [-0.15, -0.1) is 0 Å². The minimum absolute atomic E-state index is 0.0512. The summed E-state index contributed by atoms with van der Waals surface area (Å²) < 4.78 is 389. The van der Waals surface area contributed by atoms with Gasteiger partial charge in [0, 0.05) is 174 Å². The third kappa shape index (κ3) is 28.9. The molecule has 0 unspecified atom stereocenters. The lowest BCUT2D eigenvalue weighted by Crippen LogP contribution is -2.46. The standard InChI is InChI=1S/C92H114F16N8O24Si4/c1-13-129-141(130-14-2,131-15-3)49-25-37-109-89(117)125-45-41-121-85-77(101)69(93)65(70(94)78(85)102)61-53-29-31-55(113-53)62(66-71(95)79(103)86(80(104)72(66)96)122-42-46-126-90(118)110-38-26-50-142(132-16-4,133-17-5)134-18-6)57-33-35-59(115-57)64(68-75(99)83(107)88(84(108)76(68)100)124-44-48-128-92(120)112-40-28-52-144(138-22-10,139-23-11)140-24-12)60-36-34-58(116-60)63(56-32-30-54(61)114-56)67-73(97)81(105)87(82(106)74(67)98)123-43-47-127-91(119)111-39-27-51-143(135-19-7,136-20-8)137-21-9/h29-36,113,116H,13-28,37-52H2,1-12H3,(H,109,117)(H,110,118)(H,111,119)(H,112,120). The van der Waals surface area contributed by atoms with Crippen LogP contribution >= 0.6 is 0 Å². The fourth-order valence-corrected chi connectivity index (χ4v) is 25.8. The average molecular weight is 2130 g/mol. The van der Waals surface area contributed by atoms with Gasteiger partial charge in [-0.1, -0.05) is 0 Å². The largest absolute Gasteiger partial charge is 0.500 e. The van der Waals surface area contributed by atoms with Crippen LogP contribution in [-0.2, 0) is 72.1 Å². The van der Waals surface area contributed by atoms with Gasteiger partial charge in [0.25, 0.3) is 0 Å². The Kier molecular flexibility index (Phi) is 45.4. The van der Waals surface area contributed by atoms with Crippen LogP contribution in [0.3, 0.4) is 0 Å². The number of fused-ring (bicyclic) bond motifs is 8. The van der Waals surface area contributed by atoms with Crippen LogP contribution in [0.5, 0.6) is 23.0 Å². The van der Waals surface area contributed by atoms with Gasteiger partial charge in [-0.3, -0.25) is 0 Å². The molecule has 0 fully saturated rings. The molecule has 5 heterocycles. The predicted octanol–water partition coefficient (Wildman–Crippen LogP) is 19.7. The van der Waals surface area contributed by atoms with Crippen LogP contribution < -0.4 is 40.2 Å². The van der Waals surface area contributed by atoms with Crippen LogP contribution in [0, 0.1) is 93.1 Å². The Balaban J connectivity index is 1.21. The first kappa shape index (κ1) is 117. The van der Waals surface area contributed by atoms with Crippen molar-refractivity contribution in [3.63, 3.8) is 0 Å². The van der Waals surface area contributed by atoms with Gasteiger partial charge in [-0.25, -0.2) is 64.3 Å². The van der Waals surface area contributed by atoms with Crippen LogP contribution in [0.15, 0.2) is 24.3 Å². The second-order valence-electron chi connectivity index (χ2n) is 30.3. The number of halogens is 16. The molecule has 144 heavy (non-hydrogen) atoms. The van der Waals surface area contributed by atoms with E-state index in [0.29, 0.717) is 24.3 Å². The number of benzene rings is 4. The number of alkyl carbamates (subject to hydrolysis) is 4. The molecule has 4 amide bonds. The molecule has 0 saturated carbocycles. The van der Waals surface area contributed by atoms with Gasteiger partial charge in [0.15, 0.2) is 69.5 Å². The van der Waals surface area contributed by atoms with Crippen molar-refractivity contribution >= 4 is 106 Å². The van der Waals surface area contributed by atoms with E-state index in [0.717, 1.165) is 24.3 Å². The van der Waals surface area contributed by atoms with E-state index in [1.165, 1.54) is 0 Å². The number of aromatic amines is 2. The fourth-order valence-electron chi connectivity index (χ4n) is 15.4. The maximum atomic E-state index is 17.7. The molecule has 2 aliphatic heterocycles. The summed E-state index contributed by atoms with van der Waals surface area (Å²) >= 11 is 0. The van der Waals surface area contributed by atoms with Gasteiger partial charge in [-0.2, -0.15) is 35.1 Å². The molecule has 0 radical (unpaired) electrons. The number of aromatic nitrogens is 4. The van der Waals surface area contributed by atoms with Gasteiger partial charge in [-0.05, 0) is 157 Å². The number of ether oxygens (including phenoxy) is 8. The second-order valence-corrected chi connectivity index (χ2v) is 41.3. The second kappa shape index (κ2) is 56.1. The third-order valence-electron chi connectivity index (χ3n) is 21.0. The molecule has 0 aliphatic carbocycles. The normalized spacial score (nSPS) is 12.2. The number of hydrogen-bond acceptors (Lipinski definition) is 26. The lowest BCUT2D eigenvalue weighted by molar-refractivity contribution is 0.0699. The van der Waals surface area contributed by atoms with E-state index >= 15 is 70.2 Å². The molecule has 8 bridgehead atoms. The molecule has 6 N–H and O–H groups in total. The molecule has 794 valence electrons. The predicted molar refractivity (Wildman–Crippen MR) is 500 cm³/mol. The van der Waals surface area contributed by atoms with E-state index in [9.17, 15) is 19.2 Å². The van der Waals surface area contributed by atoms with Gasteiger partial charge < -0.3 is 122 Å². The number of carbonyl (C=O) groups is 4. The summed E-state index contributed by atoms with van der Waals surface area (Å²) in [4.78, 5) is 65.0. The smallest absolute Gasteiger partial charge is 0.484 e. The molecule has 52 heteroatoms. The Morgan fingerprint density at radius 1 is 0.243 bits per heavy atom. The van der Waals surface area contributed by atoms with E-state index in [1.807, 2.05) is 0 Å². The lowest BCUT2D eigenvalue weighted by Gasteiger charge is -2.28. The van der Waals surface area contributed by atoms with E-state index in [1.54, 1.807) is 83.1 Å². The quantitative estimate of drug-likeness (QED) is 0.00678. The first-order chi connectivity index (χ1) is 69.1. The Hall–Kier alpha value is -11.0. The van der Waals surface area contributed by atoms with Crippen LogP contribution in [-0.4, -0.2) is 238 Å². The summed E-state index contributed by atoms with van der Waals surface area (Å²) in [7, 11) is -12.7. The van der Waals surface area contributed by atoms with E-state index in [2.05, 4.69) is 41.2 Å². The number of carbonyl (C=O) groups excluding carboxylic acids is 4. The monoisotopic (exact) mass is 2130 g/mol. The molecule has 32 nitrogen and oxygen atoms in total. The van der Waals surface area contributed by atoms with Crippen molar-refractivity contribution in [3.05, 3.63) is 140 Å². The summed E-state index contributed by atoms with van der Waals surface area (Å²) in [5.41, 5.74) is -19.9. The molecule has 4 aromatic carbocycles. The number of hydrogen-bond donors (Lipinski definition) is 6. The Morgan fingerprint density at radius 3 is 0.556 bits per heavy atom. The molecule has 0 atom stereocenters. The number of H-pyrrole nitrogens is 2.